The zero-order valence-electron chi connectivity index (χ0n) is 18.8. The third-order valence-electron chi connectivity index (χ3n) is 5.60. The first-order chi connectivity index (χ1) is 15.2. The molecule has 1 aromatic heterocycles. The van der Waals surface area contributed by atoms with Gasteiger partial charge in [0.15, 0.2) is 0 Å². The Bertz CT molecular complexity index is 1090. The van der Waals surface area contributed by atoms with Crippen molar-refractivity contribution < 1.29 is 14.3 Å². The molecule has 9 nitrogen and oxygen atoms in total. The van der Waals surface area contributed by atoms with Crippen molar-refractivity contribution in [3.63, 3.8) is 0 Å². The number of amides is 3. The molecule has 2 N–H and O–H groups in total. The van der Waals surface area contributed by atoms with Crippen LogP contribution in [0.15, 0.2) is 40.3 Å². The molecule has 1 aliphatic carbocycles. The topological polar surface area (TPSA) is 110 Å². The van der Waals surface area contributed by atoms with Gasteiger partial charge in [0.1, 0.15) is 11.6 Å². The number of urea groups is 1. The second kappa shape index (κ2) is 8.57. The lowest BCUT2D eigenvalue weighted by molar-refractivity contribution is -0.119. The Hall–Kier alpha value is -3.49. The zero-order chi connectivity index (χ0) is 22.9. The minimum Gasteiger partial charge on any atom is -0.497 e. The Morgan fingerprint density at radius 3 is 2.66 bits per heavy atom. The number of aromatic nitrogens is 2. The molecule has 0 saturated heterocycles. The van der Waals surface area contributed by atoms with E-state index in [1.807, 2.05) is 45.0 Å². The monoisotopic (exact) mass is 436 g/mol. The van der Waals surface area contributed by atoms with Crippen LogP contribution in [0.3, 0.4) is 0 Å². The van der Waals surface area contributed by atoms with Crippen LogP contribution < -0.4 is 15.4 Å². The number of fused-ring (bicyclic) bond motifs is 1. The Morgan fingerprint density at radius 1 is 1.22 bits per heavy atom. The van der Waals surface area contributed by atoms with E-state index < -0.39 is 6.03 Å². The van der Waals surface area contributed by atoms with Crippen molar-refractivity contribution >= 4 is 29.4 Å². The van der Waals surface area contributed by atoms with Gasteiger partial charge < -0.3 is 10.1 Å². The average Bonchev–Trinajstić information content (AvgIpc) is 3.40. The fourth-order valence-electron chi connectivity index (χ4n) is 3.73. The van der Waals surface area contributed by atoms with E-state index in [0.717, 1.165) is 42.0 Å². The van der Waals surface area contributed by atoms with Gasteiger partial charge in [-0.3, -0.25) is 10.1 Å². The summed E-state index contributed by atoms with van der Waals surface area (Å²) in [6.07, 6.45) is 2.51. The van der Waals surface area contributed by atoms with Crippen molar-refractivity contribution in [2.75, 3.05) is 12.4 Å². The molecule has 168 valence electrons. The number of nitrogens with zero attached hydrogens (tertiary/aromatic N) is 4. The van der Waals surface area contributed by atoms with Gasteiger partial charge >= 0.3 is 6.03 Å². The summed E-state index contributed by atoms with van der Waals surface area (Å²) in [5, 5.41) is 10.3. The first kappa shape index (κ1) is 21.7. The molecule has 3 amide bonds. The minimum atomic E-state index is -0.392. The van der Waals surface area contributed by atoms with E-state index in [4.69, 9.17) is 4.74 Å². The van der Waals surface area contributed by atoms with Crippen molar-refractivity contribution in [2.45, 2.75) is 52.0 Å². The van der Waals surface area contributed by atoms with Crippen LogP contribution in [0.1, 0.15) is 51.3 Å². The molecule has 9 heteroatoms. The number of nitrogens with one attached hydrogen (secondary N) is 2. The number of carbonyl (C=O) groups excluding carboxylic acids is 2. The highest BCUT2D eigenvalue weighted by Gasteiger charge is 2.34. The van der Waals surface area contributed by atoms with Crippen molar-refractivity contribution in [1.29, 1.82) is 0 Å². The molecule has 1 aromatic carbocycles. The summed E-state index contributed by atoms with van der Waals surface area (Å²) in [6.45, 7) is 6.43. The third-order valence-corrected chi connectivity index (χ3v) is 5.60. The van der Waals surface area contributed by atoms with Gasteiger partial charge in [-0.05, 0) is 37.0 Å². The predicted molar refractivity (Wildman–Crippen MR) is 122 cm³/mol. The normalized spacial score (nSPS) is 18.0. The number of hydrogen-bond donors (Lipinski definition) is 2. The molecule has 1 saturated carbocycles. The molecular weight excluding hydrogens is 408 g/mol. The average molecular weight is 437 g/mol. The van der Waals surface area contributed by atoms with Gasteiger partial charge in [-0.15, -0.1) is 0 Å². The van der Waals surface area contributed by atoms with Crippen molar-refractivity contribution in [1.82, 2.24) is 15.1 Å². The molecule has 0 spiro atoms. The van der Waals surface area contributed by atoms with Crippen LogP contribution in [-0.2, 0) is 16.8 Å². The third kappa shape index (κ3) is 4.56. The number of aliphatic imine (C=N–C) groups is 2. The van der Waals surface area contributed by atoms with Crippen LogP contribution >= 0.6 is 0 Å². The summed E-state index contributed by atoms with van der Waals surface area (Å²) in [6, 6.07) is 8.85. The molecule has 1 atom stereocenters. The summed E-state index contributed by atoms with van der Waals surface area (Å²) >= 11 is 0. The number of anilines is 1. The molecule has 4 rings (SSSR count). The van der Waals surface area contributed by atoms with E-state index in [1.54, 1.807) is 13.2 Å². The first-order valence-electron chi connectivity index (χ1n) is 10.7. The summed E-state index contributed by atoms with van der Waals surface area (Å²) in [7, 11) is 1.61. The maximum absolute atomic E-state index is 12.6. The summed E-state index contributed by atoms with van der Waals surface area (Å²) in [5.74, 6) is 0.968. The molecule has 1 unspecified atom stereocenters. The Morgan fingerprint density at radius 2 is 1.97 bits per heavy atom. The van der Waals surface area contributed by atoms with E-state index in [9.17, 15) is 9.59 Å². The lowest BCUT2D eigenvalue weighted by Crippen LogP contribution is -2.32. The van der Waals surface area contributed by atoms with Crippen molar-refractivity contribution in [3.05, 3.63) is 41.6 Å². The van der Waals surface area contributed by atoms with Gasteiger partial charge in [0.05, 0.1) is 18.7 Å². The number of carbonyl (C=O) groups is 2. The van der Waals surface area contributed by atoms with Crippen molar-refractivity contribution in [2.24, 2.45) is 15.9 Å². The molecule has 1 fully saturated rings. The predicted octanol–water partition coefficient (Wildman–Crippen LogP) is 3.50. The van der Waals surface area contributed by atoms with Gasteiger partial charge in [0, 0.05) is 23.7 Å². The summed E-state index contributed by atoms with van der Waals surface area (Å²) in [4.78, 5) is 33.9. The lowest BCUT2D eigenvalue weighted by atomic mass is 9.92. The maximum atomic E-state index is 12.6. The van der Waals surface area contributed by atoms with Gasteiger partial charge in [-0.25, -0.2) is 9.79 Å². The van der Waals surface area contributed by atoms with E-state index in [-0.39, 0.29) is 23.2 Å². The molecule has 0 bridgehead atoms. The first-order valence-corrected chi connectivity index (χ1v) is 10.7. The van der Waals surface area contributed by atoms with E-state index in [2.05, 4.69) is 25.7 Å². The second-order valence-electron chi connectivity index (χ2n) is 9.03. The summed E-state index contributed by atoms with van der Waals surface area (Å²) < 4.78 is 6.60. The van der Waals surface area contributed by atoms with Crippen LogP contribution in [0.5, 0.6) is 5.75 Å². The Labute approximate surface area is 187 Å². The van der Waals surface area contributed by atoms with Crippen LogP contribution in [0.2, 0.25) is 0 Å². The van der Waals surface area contributed by atoms with E-state index >= 15 is 0 Å². The van der Waals surface area contributed by atoms with Gasteiger partial charge in [-0.1, -0.05) is 32.9 Å². The second-order valence-corrected chi connectivity index (χ2v) is 9.03. The van der Waals surface area contributed by atoms with Crippen molar-refractivity contribution in [3.8, 4) is 5.75 Å². The molecule has 0 radical (unpaired) electrons. The highest BCUT2D eigenvalue weighted by molar-refractivity contribution is 6.17. The number of ether oxygens (including phenoxy) is 1. The molecular formula is C23H28N6O3. The minimum absolute atomic E-state index is 0.190. The van der Waals surface area contributed by atoms with Gasteiger partial charge in [0.25, 0.3) is 11.9 Å². The maximum Gasteiger partial charge on any atom is 0.320 e. The van der Waals surface area contributed by atoms with Gasteiger partial charge in [0.2, 0.25) is 0 Å². The van der Waals surface area contributed by atoms with Crippen LogP contribution in [-0.4, -0.2) is 40.5 Å². The van der Waals surface area contributed by atoms with E-state index in [1.165, 1.54) is 4.68 Å². The standard InChI is InChI=1S/C23H28N6O3/c1-23(2,3)18-12-19(26-22(31)24-13-14-8-10-15(32-4)11-9-14)29(28-18)21-25-17-7-5-6-16(17)20(30)27-21/h8-12,16H,5-7,13H2,1-4H3,(H2,24,26,31). The Kier molecular flexibility index (Phi) is 5.82. The molecule has 1 aliphatic heterocycles. The smallest absolute Gasteiger partial charge is 0.320 e. The quantitative estimate of drug-likeness (QED) is 0.764. The van der Waals surface area contributed by atoms with Crippen LogP contribution in [0.4, 0.5) is 10.6 Å². The number of methoxy groups -OCH3 is 1. The fourth-order valence-corrected chi connectivity index (χ4v) is 3.73. The fraction of sp³-hybridized carbons (Fsp3) is 0.435. The number of benzene rings is 1. The highest BCUT2D eigenvalue weighted by atomic mass is 16.5. The number of rotatable bonds is 4. The lowest BCUT2D eigenvalue weighted by Gasteiger charge is -2.16. The highest BCUT2D eigenvalue weighted by Crippen LogP contribution is 2.29. The van der Waals surface area contributed by atoms with Crippen LogP contribution in [0.25, 0.3) is 0 Å². The van der Waals surface area contributed by atoms with Gasteiger partial charge in [-0.2, -0.15) is 14.8 Å². The Balaban J connectivity index is 1.54. The number of hydrogen-bond acceptors (Lipinski definition) is 5. The molecule has 2 heterocycles. The van der Waals surface area contributed by atoms with Crippen LogP contribution in [0, 0.1) is 5.92 Å². The molecule has 2 aromatic rings. The molecule has 2 aliphatic rings. The molecule has 32 heavy (non-hydrogen) atoms. The largest absolute Gasteiger partial charge is 0.497 e. The summed E-state index contributed by atoms with van der Waals surface area (Å²) in [5.41, 5.74) is 2.28. The van der Waals surface area contributed by atoms with E-state index in [0.29, 0.717) is 12.4 Å². The SMILES string of the molecule is COc1ccc(CNC(=O)Nc2cc(C(C)(C)C)nn2C2=NC(=O)C3CCCC3=N2)cc1. The zero-order valence-corrected chi connectivity index (χ0v) is 18.8.